The number of nitrogens with zero attached hydrogens (tertiary/aromatic N) is 1. The van der Waals surface area contributed by atoms with E-state index >= 15 is 0 Å². The van der Waals surface area contributed by atoms with Crippen LogP contribution < -0.4 is 14.9 Å². The van der Waals surface area contributed by atoms with Crippen molar-refractivity contribution in [2.45, 2.75) is 6.61 Å². The fourth-order valence-corrected chi connectivity index (χ4v) is 2.45. The first-order valence-corrected chi connectivity index (χ1v) is 8.72. The van der Waals surface area contributed by atoms with Crippen molar-refractivity contribution in [2.75, 3.05) is 19.6 Å². The smallest absolute Gasteiger partial charge is 0.373 e. The minimum absolute atomic E-state index is 0.0457. The number of furan rings is 1. The predicted molar refractivity (Wildman–Crippen MR) is 105 cm³/mol. The summed E-state index contributed by atoms with van der Waals surface area (Å²) in [5.41, 5.74) is 3.21. The zero-order valence-corrected chi connectivity index (χ0v) is 16.1. The van der Waals surface area contributed by atoms with Crippen molar-refractivity contribution in [3.63, 3.8) is 0 Å². The van der Waals surface area contributed by atoms with Gasteiger partial charge in [-0.2, -0.15) is 5.10 Å². The van der Waals surface area contributed by atoms with E-state index in [1.54, 1.807) is 24.3 Å². The van der Waals surface area contributed by atoms with Gasteiger partial charge in [0.05, 0.1) is 26.1 Å². The van der Waals surface area contributed by atoms with E-state index in [0.29, 0.717) is 22.8 Å². The van der Waals surface area contributed by atoms with Crippen LogP contribution in [-0.4, -0.2) is 26.4 Å². The van der Waals surface area contributed by atoms with E-state index in [2.05, 4.69) is 15.3 Å². The highest BCUT2D eigenvalue weighted by Crippen LogP contribution is 2.28. The Hall–Kier alpha value is -3.88. The van der Waals surface area contributed by atoms with Crippen LogP contribution in [0.3, 0.4) is 0 Å². The van der Waals surface area contributed by atoms with Gasteiger partial charge in [-0.05, 0) is 48.0 Å². The molecule has 1 aromatic heterocycles. The average Bonchev–Trinajstić information content (AvgIpc) is 3.22. The summed E-state index contributed by atoms with van der Waals surface area (Å²) >= 11 is 0. The van der Waals surface area contributed by atoms with Gasteiger partial charge in [0.15, 0.2) is 17.3 Å². The van der Waals surface area contributed by atoms with Crippen molar-refractivity contribution >= 4 is 17.9 Å². The molecule has 0 radical (unpaired) electrons. The molecule has 0 spiro atoms. The number of carbonyl (C=O) groups excluding carboxylic acids is 1. The lowest BCUT2D eigenvalue weighted by molar-refractivity contribution is 0.0561. The van der Waals surface area contributed by atoms with Gasteiger partial charge in [-0.1, -0.05) is 0 Å². The summed E-state index contributed by atoms with van der Waals surface area (Å²) in [7, 11) is 2.75. The van der Waals surface area contributed by atoms with E-state index in [4.69, 9.17) is 13.9 Å². The van der Waals surface area contributed by atoms with E-state index in [1.807, 2.05) is 0 Å². The Morgan fingerprint density at radius 2 is 1.93 bits per heavy atom. The highest BCUT2D eigenvalue weighted by molar-refractivity contribution is 5.86. The van der Waals surface area contributed by atoms with Crippen molar-refractivity contribution in [3.8, 4) is 11.5 Å². The number of hydrogen-bond acceptors (Lipinski definition) is 7. The van der Waals surface area contributed by atoms with Gasteiger partial charge in [-0.3, -0.25) is 5.43 Å². The lowest BCUT2D eigenvalue weighted by Crippen LogP contribution is -2.00. The minimum Gasteiger partial charge on any atom is -0.493 e. The highest BCUT2D eigenvalue weighted by atomic mass is 19.1. The maximum Gasteiger partial charge on any atom is 0.373 e. The summed E-state index contributed by atoms with van der Waals surface area (Å²) in [5.74, 6) is -0.583. The molecule has 0 aliphatic carbocycles. The average molecular weight is 416 g/mol. The fraction of sp³-hybridized carbons (Fsp3) is 0.143. The van der Waals surface area contributed by atoms with Gasteiger partial charge in [0.1, 0.15) is 18.2 Å². The fourth-order valence-electron chi connectivity index (χ4n) is 2.45. The predicted octanol–water partition coefficient (Wildman–Crippen LogP) is 4.38. The van der Waals surface area contributed by atoms with Crippen LogP contribution in [0.25, 0.3) is 0 Å². The monoisotopic (exact) mass is 416 g/mol. The number of benzene rings is 2. The third-order valence-electron chi connectivity index (χ3n) is 3.94. The number of anilines is 1. The molecule has 0 saturated heterocycles. The van der Waals surface area contributed by atoms with Crippen molar-refractivity contribution in [2.24, 2.45) is 5.10 Å². The van der Waals surface area contributed by atoms with Crippen molar-refractivity contribution in [1.82, 2.24) is 0 Å². The lowest BCUT2D eigenvalue weighted by Gasteiger charge is -2.10. The first-order valence-electron chi connectivity index (χ1n) is 8.72. The molecule has 0 aliphatic rings. The summed E-state index contributed by atoms with van der Waals surface area (Å²) in [4.78, 5) is 11.4. The molecule has 3 aromatic rings. The third-order valence-corrected chi connectivity index (χ3v) is 3.94. The molecule has 0 fully saturated rings. The molecule has 0 saturated carbocycles. The number of halogens is 2. The molecule has 9 heteroatoms. The van der Waals surface area contributed by atoms with Crippen molar-refractivity contribution in [3.05, 3.63) is 77.2 Å². The van der Waals surface area contributed by atoms with Crippen LogP contribution in [0.4, 0.5) is 14.5 Å². The largest absolute Gasteiger partial charge is 0.493 e. The van der Waals surface area contributed by atoms with Gasteiger partial charge in [-0.25, -0.2) is 13.6 Å². The van der Waals surface area contributed by atoms with Gasteiger partial charge in [0.25, 0.3) is 0 Å². The van der Waals surface area contributed by atoms with Crippen LogP contribution in [-0.2, 0) is 11.3 Å². The van der Waals surface area contributed by atoms with E-state index in [-0.39, 0.29) is 18.1 Å². The highest BCUT2D eigenvalue weighted by Gasteiger charge is 2.12. The molecule has 7 nitrogen and oxygen atoms in total. The lowest BCUT2D eigenvalue weighted by atomic mass is 10.2. The summed E-state index contributed by atoms with van der Waals surface area (Å²) in [6.07, 6.45) is 1.45. The molecule has 1 heterocycles. The molecule has 156 valence electrons. The van der Waals surface area contributed by atoms with Gasteiger partial charge in [-0.15, -0.1) is 0 Å². The summed E-state index contributed by atoms with van der Waals surface area (Å²) < 4.78 is 47.4. The van der Waals surface area contributed by atoms with E-state index in [9.17, 15) is 13.6 Å². The Balaban J connectivity index is 1.64. The molecule has 1 N–H and O–H groups in total. The molecular formula is C21H18F2N2O5. The Bertz CT molecular complexity index is 1070. The number of hydrogen-bond donors (Lipinski definition) is 1. The first-order chi connectivity index (χ1) is 14.5. The number of methoxy groups -OCH3 is 2. The van der Waals surface area contributed by atoms with E-state index in [1.165, 1.54) is 32.6 Å². The first kappa shape index (κ1) is 20.8. The van der Waals surface area contributed by atoms with Crippen LogP contribution >= 0.6 is 0 Å². The second-order valence-electron chi connectivity index (χ2n) is 5.95. The molecule has 0 aliphatic heterocycles. The van der Waals surface area contributed by atoms with Gasteiger partial charge in [0.2, 0.25) is 5.76 Å². The zero-order valence-electron chi connectivity index (χ0n) is 16.1. The van der Waals surface area contributed by atoms with Crippen LogP contribution in [0.1, 0.15) is 21.9 Å². The number of nitrogens with one attached hydrogen (secondary N) is 1. The number of ether oxygens (including phenoxy) is 3. The second kappa shape index (κ2) is 9.55. The maximum absolute atomic E-state index is 13.6. The Morgan fingerprint density at radius 1 is 1.10 bits per heavy atom. The van der Waals surface area contributed by atoms with Gasteiger partial charge in [0, 0.05) is 6.07 Å². The minimum atomic E-state index is -0.748. The Kier molecular flexibility index (Phi) is 6.63. The van der Waals surface area contributed by atoms with E-state index < -0.39 is 17.6 Å². The zero-order chi connectivity index (χ0) is 21.5. The third kappa shape index (κ3) is 5.13. The summed E-state index contributed by atoms with van der Waals surface area (Å²) in [6, 6.07) is 11.3. The normalized spacial score (nSPS) is 10.8. The molecule has 3 rings (SSSR count). The van der Waals surface area contributed by atoms with Crippen molar-refractivity contribution in [1.29, 1.82) is 0 Å². The maximum atomic E-state index is 13.6. The molecule has 0 atom stereocenters. The van der Waals surface area contributed by atoms with Crippen molar-refractivity contribution < 1.29 is 32.2 Å². The standard InChI is InChI=1S/C21H18F2N2O5/c1-27-20-9-13(11-24-25-17-6-4-14(22)10-16(17)23)3-7-18(20)29-12-15-5-8-19(30-15)21(26)28-2/h3-11,25H,12H2,1-2H3/b24-11-. The molecule has 0 unspecified atom stereocenters. The molecule has 0 amide bonds. The molecule has 30 heavy (non-hydrogen) atoms. The van der Waals surface area contributed by atoms with Gasteiger partial charge < -0.3 is 18.6 Å². The number of rotatable bonds is 8. The Labute approximate surface area is 170 Å². The number of esters is 1. The van der Waals surface area contributed by atoms with Crippen LogP contribution in [0, 0.1) is 11.6 Å². The second-order valence-corrected chi connectivity index (χ2v) is 5.95. The van der Waals surface area contributed by atoms with Gasteiger partial charge >= 0.3 is 5.97 Å². The molecule has 2 aromatic carbocycles. The quantitative estimate of drug-likeness (QED) is 0.333. The van der Waals surface area contributed by atoms with Crippen LogP contribution in [0.5, 0.6) is 11.5 Å². The Morgan fingerprint density at radius 3 is 2.67 bits per heavy atom. The number of carbonyl (C=O) groups is 1. The summed E-state index contributed by atoms with van der Waals surface area (Å²) in [6.45, 7) is 0.0756. The SMILES string of the molecule is COC(=O)c1ccc(COc2ccc(/C=N\Nc3ccc(F)cc3F)cc2OC)o1. The van der Waals surface area contributed by atoms with Crippen LogP contribution in [0.2, 0.25) is 0 Å². The summed E-state index contributed by atoms with van der Waals surface area (Å²) in [5, 5.41) is 3.94. The molecular weight excluding hydrogens is 398 g/mol. The van der Waals surface area contributed by atoms with E-state index in [0.717, 1.165) is 12.1 Å². The topological polar surface area (TPSA) is 82.3 Å². The molecule has 0 bridgehead atoms. The number of hydrazone groups is 1. The van der Waals surface area contributed by atoms with Crippen LogP contribution in [0.15, 0.2) is 58.0 Å².